The molecule has 2 aromatic carbocycles. The van der Waals surface area contributed by atoms with Crippen LogP contribution >= 0.6 is 0 Å². The first-order valence-electron chi connectivity index (χ1n) is 12.0. The number of carbonyl (C=O) groups excluding carboxylic acids is 2. The van der Waals surface area contributed by atoms with Crippen molar-refractivity contribution < 1.29 is 14.5 Å². The summed E-state index contributed by atoms with van der Waals surface area (Å²) in [4.78, 5) is 44.2. The van der Waals surface area contributed by atoms with E-state index in [-0.39, 0.29) is 22.4 Å². The molecule has 2 aliphatic heterocycles. The van der Waals surface area contributed by atoms with E-state index in [9.17, 15) is 19.7 Å². The van der Waals surface area contributed by atoms with Gasteiger partial charge in [0.25, 0.3) is 5.69 Å². The Morgan fingerprint density at radius 1 is 0.857 bits per heavy atom. The molecule has 2 saturated heterocycles. The third-order valence-corrected chi connectivity index (χ3v) is 6.58. The van der Waals surface area contributed by atoms with Crippen molar-refractivity contribution in [1.82, 2.24) is 14.7 Å². The molecule has 0 spiro atoms. The normalized spacial score (nSPS) is 17.3. The number of piperazine rings is 2. The molecular formula is C25H32N6O4. The lowest BCUT2D eigenvalue weighted by atomic mass is 10.2. The van der Waals surface area contributed by atoms with Crippen molar-refractivity contribution in [3.05, 3.63) is 64.2 Å². The summed E-state index contributed by atoms with van der Waals surface area (Å²) in [5.74, 6) is 0.0399. The number of rotatable bonds is 7. The van der Waals surface area contributed by atoms with Crippen molar-refractivity contribution in [3.63, 3.8) is 0 Å². The van der Waals surface area contributed by atoms with Gasteiger partial charge in [-0.1, -0.05) is 29.8 Å². The molecule has 10 heteroatoms. The number of hydrogen-bond acceptors (Lipinski definition) is 7. The Bertz CT molecular complexity index is 1040. The average Bonchev–Trinajstić information content (AvgIpc) is 2.86. The molecule has 0 saturated carbocycles. The zero-order valence-corrected chi connectivity index (χ0v) is 20.1. The number of nitro groups is 1. The highest BCUT2D eigenvalue weighted by molar-refractivity contribution is 5.92. The molecule has 0 bridgehead atoms. The Balaban J connectivity index is 1.18. The third kappa shape index (κ3) is 6.55. The first-order chi connectivity index (χ1) is 16.9. The van der Waals surface area contributed by atoms with Crippen molar-refractivity contribution in [3.8, 4) is 0 Å². The number of amides is 2. The monoisotopic (exact) mass is 480 g/mol. The van der Waals surface area contributed by atoms with Gasteiger partial charge in [-0.25, -0.2) is 0 Å². The average molecular weight is 481 g/mol. The van der Waals surface area contributed by atoms with E-state index in [1.165, 1.54) is 6.07 Å². The largest absolute Gasteiger partial charge is 0.363 e. The molecular weight excluding hydrogens is 448 g/mol. The molecule has 10 nitrogen and oxygen atoms in total. The maximum Gasteiger partial charge on any atom is 0.292 e. The van der Waals surface area contributed by atoms with Crippen LogP contribution in [0.4, 0.5) is 17.1 Å². The number of para-hydroxylation sites is 2. The Morgan fingerprint density at radius 2 is 1.46 bits per heavy atom. The summed E-state index contributed by atoms with van der Waals surface area (Å²) in [6.07, 6.45) is 0. The lowest BCUT2D eigenvalue weighted by Gasteiger charge is -2.38. The van der Waals surface area contributed by atoms with Crippen LogP contribution in [0.1, 0.15) is 5.56 Å². The minimum atomic E-state index is -0.350. The van der Waals surface area contributed by atoms with Gasteiger partial charge in [0.05, 0.1) is 18.0 Å². The van der Waals surface area contributed by atoms with Gasteiger partial charge in [0, 0.05) is 64.1 Å². The van der Waals surface area contributed by atoms with Crippen molar-refractivity contribution in [1.29, 1.82) is 0 Å². The van der Waals surface area contributed by atoms with Gasteiger partial charge in [-0.05, 0) is 25.1 Å². The molecule has 35 heavy (non-hydrogen) atoms. The van der Waals surface area contributed by atoms with Gasteiger partial charge in [0.1, 0.15) is 5.69 Å². The van der Waals surface area contributed by atoms with Crippen LogP contribution in [-0.2, 0) is 9.59 Å². The quantitative estimate of drug-likeness (QED) is 0.476. The molecule has 4 rings (SSSR count). The number of carbonyl (C=O) groups is 2. The lowest BCUT2D eigenvalue weighted by molar-refractivity contribution is -0.384. The fraction of sp³-hybridized carbons (Fsp3) is 0.440. The number of nitrogens with one attached hydrogen (secondary N) is 1. The van der Waals surface area contributed by atoms with Gasteiger partial charge >= 0.3 is 0 Å². The predicted molar refractivity (Wildman–Crippen MR) is 135 cm³/mol. The van der Waals surface area contributed by atoms with E-state index in [2.05, 4.69) is 15.1 Å². The van der Waals surface area contributed by atoms with Crippen molar-refractivity contribution >= 4 is 28.9 Å². The van der Waals surface area contributed by atoms with E-state index >= 15 is 0 Å². The summed E-state index contributed by atoms with van der Waals surface area (Å²) < 4.78 is 0. The standard InChI is InChI=1S/C25H32N6O4/c1-20-6-8-21(9-7-20)26-24(32)18-27-12-16-30(17-13-27)25(33)19-28-10-14-29(15-11-28)22-4-2-3-5-23(22)31(34)35/h2-9H,10-19H2,1H3,(H,26,32). The number of anilines is 2. The number of benzene rings is 2. The van der Waals surface area contributed by atoms with Crippen molar-refractivity contribution in [2.45, 2.75) is 6.92 Å². The summed E-state index contributed by atoms with van der Waals surface area (Å²) in [7, 11) is 0. The van der Waals surface area contributed by atoms with Gasteiger partial charge in [0.15, 0.2) is 0 Å². The van der Waals surface area contributed by atoms with Gasteiger partial charge in [-0.2, -0.15) is 0 Å². The fourth-order valence-electron chi connectivity index (χ4n) is 4.52. The highest BCUT2D eigenvalue weighted by atomic mass is 16.6. The second-order valence-corrected chi connectivity index (χ2v) is 9.08. The van der Waals surface area contributed by atoms with Crippen LogP contribution in [0, 0.1) is 17.0 Å². The molecule has 2 aliphatic rings. The third-order valence-electron chi connectivity index (χ3n) is 6.58. The van der Waals surface area contributed by atoms with E-state index in [1.54, 1.807) is 12.1 Å². The molecule has 1 N–H and O–H groups in total. The molecule has 2 aromatic rings. The maximum absolute atomic E-state index is 12.8. The minimum absolute atomic E-state index is 0.0508. The zero-order valence-electron chi connectivity index (χ0n) is 20.1. The summed E-state index contributed by atoms with van der Waals surface area (Å²) in [5, 5.41) is 14.2. The second kappa shape index (κ2) is 11.3. The van der Waals surface area contributed by atoms with Gasteiger partial charge in [-0.3, -0.25) is 29.5 Å². The van der Waals surface area contributed by atoms with Crippen LogP contribution in [0.2, 0.25) is 0 Å². The molecule has 2 fully saturated rings. The summed E-state index contributed by atoms with van der Waals surface area (Å²) in [6, 6.07) is 14.5. The van der Waals surface area contributed by atoms with Gasteiger partial charge in [-0.15, -0.1) is 0 Å². The first kappa shape index (κ1) is 24.6. The maximum atomic E-state index is 12.8. The molecule has 0 aliphatic carbocycles. The van der Waals surface area contributed by atoms with Crippen LogP contribution in [-0.4, -0.2) is 96.9 Å². The van der Waals surface area contributed by atoms with E-state index < -0.39 is 0 Å². The Hall–Kier alpha value is -3.50. The van der Waals surface area contributed by atoms with Crippen LogP contribution < -0.4 is 10.2 Å². The molecule has 2 amide bonds. The highest BCUT2D eigenvalue weighted by Gasteiger charge is 2.27. The van der Waals surface area contributed by atoms with Crippen LogP contribution in [0.5, 0.6) is 0 Å². The van der Waals surface area contributed by atoms with E-state index in [0.717, 1.165) is 11.3 Å². The lowest BCUT2D eigenvalue weighted by Crippen LogP contribution is -2.54. The van der Waals surface area contributed by atoms with E-state index in [0.29, 0.717) is 71.1 Å². The van der Waals surface area contributed by atoms with E-state index in [4.69, 9.17) is 0 Å². The Kier molecular flexibility index (Phi) is 7.94. The molecule has 0 unspecified atom stereocenters. The van der Waals surface area contributed by atoms with Crippen LogP contribution in [0.3, 0.4) is 0 Å². The predicted octanol–water partition coefficient (Wildman–Crippen LogP) is 1.81. The smallest absolute Gasteiger partial charge is 0.292 e. The number of aryl methyl sites for hydroxylation is 1. The molecule has 2 heterocycles. The van der Waals surface area contributed by atoms with Gasteiger partial charge < -0.3 is 15.1 Å². The van der Waals surface area contributed by atoms with E-state index in [1.807, 2.05) is 47.1 Å². The zero-order chi connectivity index (χ0) is 24.8. The fourth-order valence-corrected chi connectivity index (χ4v) is 4.52. The van der Waals surface area contributed by atoms with Crippen molar-refractivity contribution in [2.24, 2.45) is 0 Å². The molecule has 186 valence electrons. The first-order valence-corrected chi connectivity index (χ1v) is 12.0. The summed E-state index contributed by atoms with van der Waals surface area (Å²) in [6.45, 7) is 7.84. The minimum Gasteiger partial charge on any atom is -0.363 e. The van der Waals surface area contributed by atoms with Crippen molar-refractivity contribution in [2.75, 3.05) is 75.7 Å². The van der Waals surface area contributed by atoms with Crippen LogP contribution in [0.15, 0.2) is 48.5 Å². The molecule has 0 atom stereocenters. The summed E-state index contributed by atoms with van der Waals surface area (Å²) >= 11 is 0. The Morgan fingerprint density at radius 3 is 2.11 bits per heavy atom. The van der Waals surface area contributed by atoms with Crippen LogP contribution in [0.25, 0.3) is 0 Å². The summed E-state index contributed by atoms with van der Waals surface area (Å²) in [5.41, 5.74) is 2.68. The number of nitro benzene ring substituents is 1. The highest BCUT2D eigenvalue weighted by Crippen LogP contribution is 2.28. The molecule has 0 aromatic heterocycles. The Labute approximate surface area is 205 Å². The number of nitrogens with zero attached hydrogens (tertiary/aromatic N) is 5. The second-order valence-electron chi connectivity index (χ2n) is 9.08. The topological polar surface area (TPSA) is 102 Å². The van der Waals surface area contributed by atoms with Gasteiger partial charge in [0.2, 0.25) is 11.8 Å². The molecule has 0 radical (unpaired) electrons. The SMILES string of the molecule is Cc1ccc(NC(=O)CN2CCN(C(=O)CN3CCN(c4ccccc4[N+](=O)[O-])CC3)CC2)cc1. The number of hydrogen-bond donors (Lipinski definition) is 1.